The highest BCUT2D eigenvalue weighted by molar-refractivity contribution is 5.92. The summed E-state index contributed by atoms with van der Waals surface area (Å²) in [6.45, 7) is 0.916. The lowest BCUT2D eigenvalue weighted by atomic mass is 10.1. The number of hydrogen-bond donors (Lipinski definition) is 2. The third kappa shape index (κ3) is 5.75. The van der Waals surface area contributed by atoms with E-state index in [1.807, 2.05) is 24.3 Å². The van der Waals surface area contributed by atoms with Gasteiger partial charge >= 0.3 is 0 Å². The lowest BCUT2D eigenvalue weighted by Gasteiger charge is -2.10. The summed E-state index contributed by atoms with van der Waals surface area (Å²) in [6.07, 6.45) is 2.67. The van der Waals surface area contributed by atoms with Gasteiger partial charge in [0.1, 0.15) is 17.3 Å². The minimum atomic E-state index is -0.323. The van der Waals surface area contributed by atoms with Crippen LogP contribution in [-0.2, 0) is 12.8 Å². The van der Waals surface area contributed by atoms with Gasteiger partial charge in [0.15, 0.2) is 0 Å². The standard InChI is InChI=1S/C22H23FN4O2/c1-29-20-9-5-3-7-17(20)11-14-25-22-26-15-12-19(27-22)21(28)24-13-10-16-6-2-4-8-18(16)23/h2-9,12,15H,10-11,13-14H2,1H3,(H,24,28)(H,25,26,27). The minimum Gasteiger partial charge on any atom is -0.496 e. The molecule has 1 aromatic heterocycles. The molecule has 0 radical (unpaired) electrons. The zero-order valence-corrected chi connectivity index (χ0v) is 16.2. The zero-order valence-electron chi connectivity index (χ0n) is 16.2. The molecule has 0 unspecified atom stereocenters. The highest BCUT2D eigenvalue weighted by Crippen LogP contribution is 2.17. The summed E-state index contributed by atoms with van der Waals surface area (Å²) < 4.78 is 19.0. The monoisotopic (exact) mass is 394 g/mol. The third-order valence-electron chi connectivity index (χ3n) is 4.40. The van der Waals surface area contributed by atoms with Crippen LogP contribution in [0, 0.1) is 5.82 Å². The number of anilines is 1. The van der Waals surface area contributed by atoms with Gasteiger partial charge in [-0.05, 0) is 42.2 Å². The van der Waals surface area contributed by atoms with Crippen molar-refractivity contribution < 1.29 is 13.9 Å². The molecule has 0 aliphatic rings. The third-order valence-corrected chi connectivity index (χ3v) is 4.40. The molecule has 0 saturated heterocycles. The summed E-state index contributed by atoms with van der Waals surface area (Å²) in [4.78, 5) is 20.7. The van der Waals surface area contributed by atoms with Crippen molar-refractivity contribution in [2.75, 3.05) is 25.5 Å². The summed E-state index contributed by atoms with van der Waals surface area (Å²) in [7, 11) is 1.64. The van der Waals surface area contributed by atoms with E-state index < -0.39 is 0 Å². The fourth-order valence-corrected chi connectivity index (χ4v) is 2.89. The van der Waals surface area contributed by atoms with Gasteiger partial charge in [-0.15, -0.1) is 0 Å². The Morgan fingerprint density at radius 1 is 1.00 bits per heavy atom. The van der Waals surface area contributed by atoms with Gasteiger partial charge in [-0.1, -0.05) is 36.4 Å². The van der Waals surface area contributed by atoms with Crippen LogP contribution in [0.25, 0.3) is 0 Å². The van der Waals surface area contributed by atoms with E-state index in [0.29, 0.717) is 31.0 Å². The number of nitrogens with zero attached hydrogens (tertiary/aromatic N) is 2. The molecular weight excluding hydrogens is 371 g/mol. The molecule has 29 heavy (non-hydrogen) atoms. The first kappa shape index (κ1) is 20.3. The first-order valence-corrected chi connectivity index (χ1v) is 9.38. The molecule has 0 aliphatic heterocycles. The van der Waals surface area contributed by atoms with Crippen molar-refractivity contribution in [1.29, 1.82) is 0 Å². The fraction of sp³-hybridized carbons (Fsp3) is 0.227. The molecule has 0 fully saturated rings. The molecule has 3 rings (SSSR count). The first-order chi connectivity index (χ1) is 14.2. The van der Waals surface area contributed by atoms with Crippen molar-refractivity contribution in [3.63, 3.8) is 0 Å². The van der Waals surface area contributed by atoms with Crippen LogP contribution in [0.3, 0.4) is 0 Å². The molecule has 0 aliphatic carbocycles. The quantitative estimate of drug-likeness (QED) is 0.583. The lowest BCUT2D eigenvalue weighted by molar-refractivity contribution is 0.0949. The average Bonchev–Trinajstić information content (AvgIpc) is 2.75. The highest BCUT2D eigenvalue weighted by atomic mass is 19.1. The van der Waals surface area contributed by atoms with Gasteiger partial charge in [0.05, 0.1) is 7.11 Å². The Morgan fingerprint density at radius 2 is 1.72 bits per heavy atom. The number of benzene rings is 2. The maximum atomic E-state index is 13.6. The van der Waals surface area contributed by atoms with Gasteiger partial charge in [0.2, 0.25) is 5.95 Å². The summed E-state index contributed by atoms with van der Waals surface area (Å²) >= 11 is 0. The molecule has 6 nitrogen and oxygen atoms in total. The highest BCUT2D eigenvalue weighted by Gasteiger charge is 2.09. The predicted molar refractivity (Wildman–Crippen MR) is 110 cm³/mol. The van der Waals surface area contributed by atoms with E-state index in [9.17, 15) is 9.18 Å². The average molecular weight is 394 g/mol. The van der Waals surface area contributed by atoms with Crippen LogP contribution in [-0.4, -0.2) is 36.1 Å². The van der Waals surface area contributed by atoms with E-state index in [-0.39, 0.29) is 17.4 Å². The molecule has 1 amide bonds. The summed E-state index contributed by atoms with van der Waals surface area (Å²) in [5.41, 5.74) is 1.90. The Morgan fingerprint density at radius 3 is 2.52 bits per heavy atom. The molecule has 0 atom stereocenters. The summed E-state index contributed by atoms with van der Waals surface area (Å²) in [6, 6.07) is 15.9. The van der Waals surface area contributed by atoms with Gasteiger partial charge in [0.25, 0.3) is 5.91 Å². The molecule has 2 N–H and O–H groups in total. The van der Waals surface area contributed by atoms with Crippen molar-refractivity contribution in [2.24, 2.45) is 0 Å². The number of nitrogens with one attached hydrogen (secondary N) is 2. The second-order valence-corrected chi connectivity index (χ2v) is 6.35. The number of aromatic nitrogens is 2. The van der Waals surface area contributed by atoms with Crippen LogP contribution < -0.4 is 15.4 Å². The molecule has 7 heteroatoms. The Balaban J connectivity index is 1.50. The van der Waals surface area contributed by atoms with Crippen LogP contribution in [0.4, 0.5) is 10.3 Å². The second-order valence-electron chi connectivity index (χ2n) is 6.35. The second kappa shape index (κ2) is 10.2. The molecular formula is C22H23FN4O2. The largest absolute Gasteiger partial charge is 0.496 e. The maximum absolute atomic E-state index is 13.6. The van der Waals surface area contributed by atoms with E-state index in [4.69, 9.17) is 4.74 Å². The van der Waals surface area contributed by atoms with Gasteiger partial charge in [-0.25, -0.2) is 14.4 Å². The summed E-state index contributed by atoms with van der Waals surface area (Å²) in [5, 5.41) is 5.88. The van der Waals surface area contributed by atoms with Crippen molar-refractivity contribution in [3.8, 4) is 5.75 Å². The Kier molecular flexibility index (Phi) is 7.10. The summed E-state index contributed by atoms with van der Waals surface area (Å²) in [5.74, 6) is 0.613. The molecule has 0 saturated carbocycles. The molecule has 0 bridgehead atoms. The number of para-hydroxylation sites is 1. The van der Waals surface area contributed by atoms with Gasteiger partial charge in [-0.3, -0.25) is 4.79 Å². The molecule has 1 heterocycles. The normalized spacial score (nSPS) is 10.4. The number of rotatable bonds is 9. The van der Waals surface area contributed by atoms with Gasteiger partial charge in [0, 0.05) is 19.3 Å². The van der Waals surface area contributed by atoms with Crippen molar-refractivity contribution in [2.45, 2.75) is 12.8 Å². The number of hydrogen-bond acceptors (Lipinski definition) is 5. The first-order valence-electron chi connectivity index (χ1n) is 9.38. The van der Waals surface area contributed by atoms with Crippen LogP contribution in [0.1, 0.15) is 21.6 Å². The molecule has 3 aromatic rings. The number of ether oxygens (including phenoxy) is 1. The number of methoxy groups -OCH3 is 1. The topological polar surface area (TPSA) is 76.1 Å². The van der Waals surface area contributed by atoms with Crippen molar-refractivity contribution in [1.82, 2.24) is 15.3 Å². The van der Waals surface area contributed by atoms with Crippen LogP contribution in [0.2, 0.25) is 0 Å². The maximum Gasteiger partial charge on any atom is 0.270 e. The van der Waals surface area contributed by atoms with Crippen molar-refractivity contribution in [3.05, 3.63) is 83.4 Å². The minimum absolute atomic E-state index is 0.258. The van der Waals surface area contributed by atoms with E-state index in [0.717, 1.165) is 17.7 Å². The van der Waals surface area contributed by atoms with E-state index in [1.54, 1.807) is 31.4 Å². The van der Waals surface area contributed by atoms with E-state index in [1.165, 1.54) is 12.3 Å². The lowest BCUT2D eigenvalue weighted by Crippen LogP contribution is -2.27. The zero-order chi connectivity index (χ0) is 20.5. The molecule has 2 aromatic carbocycles. The van der Waals surface area contributed by atoms with Gasteiger partial charge in [-0.2, -0.15) is 0 Å². The SMILES string of the molecule is COc1ccccc1CCNc1nccc(C(=O)NCCc2ccccc2F)n1. The Bertz CT molecular complexity index is 965. The number of amides is 1. The van der Waals surface area contributed by atoms with E-state index in [2.05, 4.69) is 20.6 Å². The fourth-order valence-electron chi connectivity index (χ4n) is 2.89. The Hall–Kier alpha value is -3.48. The Labute approximate surface area is 169 Å². The molecule has 150 valence electrons. The van der Waals surface area contributed by atoms with Crippen LogP contribution >= 0.6 is 0 Å². The van der Waals surface area contributed by atoms with E-state index >= 15 is 0 Å². The number of carbonyl (C=O) groups excluding carboxylic acids is 1. The molecule has 0 spiro atoms. The van der Waals surface area contributed by atoms with Crippen molar-refractivity contribution >= 4 is 11.9 Å². The number of halogens is 1. The predicted octanol–water partition coefficient (Wildman–Crippen LogP) is 3.25. The van der Waals surface area contributed by atoms with Gasteiger partial charge < -0.3 is 15.4 Å². The van der Waals surface area contributed by atoms with Crippen LogP contribution in [0.15, 0.2) is 60.8 Å². The smallest absolute Gasteiger partial charge is 0.270 e. The number of carbonyl (C=O) groups is 1. The van der Waals surface area contributed by atoms with Crippen LogP contribution in [0.5, 0.6) is 5.75 Å².